The van der Waals surface area contributed by atoms with Crippen LogP contribution in [0.1, 0.15) is 19.8 Å². The Labute approximate surface area is 82.4 Å². The van der Waals surface area contributed by atoms with Crippen LogP contribution in [0.3, 0.4) is 0 Å². The van der Waals surface area contributed by atoms with Crippen molar-refractivity contribution in [3.05, 3.63) is 0 Å². The van der Waals surface area contributed by atoms with E-state index in [2.05, 4.69) is 6.92 Å². The van der Waals surface area contributed by atoms with E-state index in [1.165, 1.54) is 12.8 Å². The zero-order valence-corrected chi connectivity index (χ0v) is 12.1. The van der Waals surface area contributed by atoms with Crippen LogP contribution in [0.15, 0.2) is 0 Å². The van der Waals surface area contributed by atoms with Crippen molar-refractivity contribution in [2.75, 3.05) is 19.8 Å². The average Bonchev–Trinajstić information content (AvgIpc) is 2.63. The summed E-state index contributed by atoms with van der Waals surface area (Å²) in [7, 11) is 0. The van der Waals surface area contributed by atoms with Gasteiger partial charge in [0.25, 0.3) is 0 Å². The second kappa shape index (κ2) is 6.55. The Kier molecular flexibility index (Phi) is 7.10. The fourth-order valence-electron chi connectivity index (χ4n) is 0.625. The number of unbranched alkanes of at least 4 members (excludes halogenated alkanes) is 1. The van der Waals surface area contributed by atoms with Gasteiger partial charge in [-0.15, -0.1) is 0 Å². The maximum absolute atomic E-state index is 5.27. The Balaban J connectivity index is 0.000000810. The fourth-order valence-corrected chi connectivity index (χ4v) is 0.625. The van der Waals surface area contributed by atoms with Gasteiger partial charge in [0.15, 0.2) is 0 Å². The molecule has 2 nitrogen and oxygen atoms in total. The Bertz CT molecular complexity index is 74.0. The summed E-state index contributed by atoms with van der Waals surface area (Å²) >= 11 is 0. The van der Waals surface area contributed by atoms with Crippen molar-refractivity contribution in [1.82, 2.24) is 0 Å². The SMILES string of the molecule is CCCCOCC1CO1.[PbH2]. The van der Waals surface area contributed by atoms with Gasteiger partial charge in [0.05, 0.1) is 13.2 Å². The van der Waals surface area contributed by atoms with Crippen molar-refractivity contribution >= 4 is 27.3 Å². The van der Waals surface area contributed by atoms with Gasteiger partial charge in [-0.2, -0.15) is 0 Å². The van der Waals surface area contributed by atoms with E-state index in [0.29, 0.717) is 6.10 Å². The van der Waals surface area contributed by atoms with E-state index in [-0.39, 0.29) is 27.3 Å². The third-order valence-corrected chi connectivity index (χ3v) is 1.35. The molecule has 1 unspecified atom stereocenters. The maximum atomic E-state index is 5.27. The molecule has 1 atom stereocenters. The number of ether oxygens (including phenoxy) is 2. The summed E-state index contributed by atoms with van der Waals surface area (Å²) < 4.78 is 10.2. The Hall–Kier alpha value is 0.842. The summed E-state index contributed by atoms with van der Waals surface area (Å²) in [5.41, 5.74) is 0. The van der Waals surface area contributed by atoms with Crippen LogP contribution in [0.2, 0.25) is 0 Å². The molecule has 3 heteroatoms. The van der Waals surface area contributed by atoms with Gasteiger partial charge in [-0.05, 0) is 6.42 Å². The Morgan fingerprint density at radius 2 is 2.30 bits per heavy atom. The molecule has 0 aromatic heterocycles. The van der Waals surface area contributed by atoms with Crippen molar-refractivity contribution in [1.29, 1.82) is 0 Å². The third-order valence-electron chi connectivity index (χ3n) is 1.35. The van der Waals surface area contributed by atoms with Gasteiger partial charge in [0, 0.05) is 6.61 Å². The van der Waals surface area contributed by atoms with Gasteiger partial charge in [-0.25, -0.2) is 0 Å². The summed E-state index contributed by atoms with van der Waals surface area (Å²) in [6, 6.07) is 0. The first-order chi connectivity index (χ1) is 4.43. The van der Waals surface area contributed by atoms with Gasteiger partial charge in [-0.3, -0.25) is 0 Å². The molecule has 10 heavy (non-hydrogen) atoms. The van der Waals surface area contributed by atoms with Crippen LogP contribution in [0.4, 0.5) is 0 Å². The van der Waals surface area contributed by atoms with Crippen LogP contribution < -0.4 is 0 Å². The number of hydrogen-bond donors (Lipinski definition) is 0. The first-order valence-corrected chi connectivity index (χ1v) is 3.63. The van der Waals surface area contributed by atoms with Crippen LogP contribution in [-0.2, 0) is 9.47 Å². The molecule has 1 aliphatic heterocycles. The van der Waals surface area contributed by atoms with Crippen molar-refractivity contribution in [2.45, 2.75) is 25.9 Å². The van der Waals surface area contributed by atoms with Gasteiger partial charge >= 0.3 is 27.3 Å². The number of epoxide rings is 1. The molecule has 0 aromatic carbocycles. The van der Waals surface area contributed by atoms with E-state index in [0.717, 1.165) is 19.8 Å². The van der Waals surface area contributed by atoms with Crippen LogP contribution in [0, 0.1) is 0 Å². The molecule has 1 fully saturated rings. The molecular weight excluding hydrogens is 323 g/mol. The van der Waals surface area contributed by atoms with Crippen LogP contribution >= 0.6 is 0 Å². The van der Waals surface area contributed by atoms with Crippen molar-refractivity contribution in [3.8, 4) is 0 Å². The molecular formula is C7H16O2Pb. The van der Waals surface area contributed by atoms with E-state index < -0.39 is 0 Å². The zero-order chi connectivity index (χ0) is 6.53. The minimum atomic E-state index is 0. The quantitative estimate of drug-likeness (QED) is 0.408. The molecule has 0 amide bonds. The molecule has 0 bridgehead atoms. The minimum absolute atomic E-state index is 0. The van der Waals surface area contributed by atoms with Crippen LogP contribution in [0.5, 0.6) is 0 Å². The first-order valence-electron chi connectivity index (χ1n) is 3.63. The Morgan fingerprint density at radius 1 is 1.60 bits per heavy atom. The fraction of sp³-hybridized carbons (Fsp3) is 1.00. The molecule has 1 heterocycles. The molecule has 0 aliphatic carbocycles. The van der Waals surface area contributed by atoms with Gasteiger partial charge in [0.2, 0.25) is 0 Å². The van der Waals surface area contributed by atoms with E-state index in [4.69, 9.17) is 9.47 Å². The van der Waals surface area contributed by atoms with E-state index >= 15 is 0 Å². The molecule has 0 spiro atoms. The van der Waals surface area contributed by atoms with Crippen LogP contribution in [0.25, 0.3) is 0 Å². The number of hydrogen-bond acceptors (Lipinski definition) is 2. The molecule has 0 N–H and O–H groups in total. The second-order valence-electron chi connectivity index (χ2n) is 2.38. The van der Waals surface area contributed by atoms with E-state index in [1.54, 1.807) is 0 Å². The van der Waals surface area contributed by atoms with Gasteiger partial charge in [-0.1, -0.05) is 13.3 Å². The van der Waals surface area contributed by atoms with Gasteiger partial charge < -0.3 is 9.47 Å². The first kappa shape index (κ1) is 10.8. The molecule has 2 radical (unpaired) electrons. The molecule has 60 valence electrons. The molecule has 1 saturated heterocycles. The van der Waals surface area contributed by atoms with Gasteiger partial charge in [0.1, 0.15) is 6.10 Å². The van der Waals surface area contributed by atoms with E-state index in [1.807, 2.05) is 0 Å². The predicted octanol–water partition coefficient (Wildman–Crippen LogP) is 0.286. The topological polar surface area (TPSA) is 21.8 Å². The van der Waals surface area contributed by atoms with E-state index in [9.17, 15) is 0 Å². The molecule has 0 aromatic rings. The normalized spacial score (nSPS) is 21.9. The zero-order valence-electron chi connectivity index (χ0n) is 6.64. The molecule has 0 saturated carbocycles. The summed E-state index contributed by atoms with van der Waals surface area (Å²) in [5, 5.41) is 0. The number of rotatable bonds is 5. The van der Waals surface area contributed by atoms with Crippen LogP contribution in [-0.4, -0.2) is 53.2 Å². The Morgan fingerprint density at radius 3 is 2.80 bits per heavy atom. The predicted molar refractivity (Wildman–Crippen MR) is 44.0 cm³/mol. The van der Waals surface area contributed by atoms with Crippen molar-refractivity contribution < 1.29 is 9.47 Å². The summed E-state index contributed by atoms with van der Waals surface area (Å²) in [5.74, 6) is 0. The summed E-state index contributed by atoms with van der Waals surface area (Å²) in [4.78, 5) is 0. The molecule has 1 rings (SSSR count). The summed E-state index contributed by atoms with van der Waals surface area (Å²) in [6.45, 7) is 4.78. The average molecular weight is 339 g/mol. The molecule has 1 aliphatic rings. The monoisotopic (exact) mass is 340 g/mol. The van der Waals surface area contributed by atoms with Crippen molar-refractivity contribution in [2.24, 2.45) is 0 Å². The summed E-state index contributed by atoms with van der Waals surface area (Å²) in [6.07, 6.45) is 2.82. The standard InChI is InChI=1S/C7H14O2.Pb.2H/c1-2-3-4-8-5-7-6-9-7;;;/h7H,2-6H2,1H3;;;. The van der Waals surface area contributed by atoms with Crippen molar-refractivity contribution in [3.63, 3.8) is 0 Å². The second-order valence-corrected chi connectivity index (χ2v) is 2.38. The third kappa shape index (κ3) is 5.61.